The first-order valence-electron chi connectivity index (χ1n) is 12.3. The van der Waals surface area contributed by atoms with Crippen LogP contribution in [0, 0.1) is 17.8 Å². The normalized spacial score (nSPS) is 17.0. The predicted molar refractivity (Wildman–Crippen MR) is 142 cm³/mol. The van der Waals surface area contributed by atoms with Gasteiger partial charge >= 0.3 is 0 Å². The number of hydrogen-bond donors (Lipinski definition) is 1. The van der Waals surface area contributed by atoms with Crippen molar-refractivity contribution in [2.75, 3.05) is 31.1 Å². The molecule has 37 heavy (non-hydrogen) atoms. The second-order valence-electron chi connectivity index (χ2n) is 9.92. The summed E-state index contributed by atoms with van der Waals surface area (Å²) in [6.45, 7) is 10.7. The number of nitrogens with zero attached hydrogens (tertiary/aromatic N) is 6. The Morgan fingerprint density at radius 1 is 1.16 bits per heavy atom. The quantitative estimate of drug-likeness (QED) is 0.398. The van der Waals surface area contributed by atoms with Crippen LogP contribution in [0.4, 0.5) is 15.9 Å². The van der Waals surface area contributed by atoms with Gasteiger partial charge in [0, 0.05) is 37.6 Å². The Morgan fingerprint density at radius 2 is 1.97 bits per heavy atom. The monoisotopic (exact) mass is 517 g/mol. The van der Waals surface area contributed by atoms with Crippen LogP contribution in [0.15, 0.2) is 47.4 Å². The van der Waals surface area contributed by atoms with E-state index < -0.39 is 11.4 Å². The van der Waals surface area contributed by atoms with Gasteiger partial charge in [0.05, 0.1) is 24.0 Å². The van der Waals surface area contributed by atoms with Crippen LogP contribution in [0.5, 0.6) is 0 Å². The molecule has 188 valence electrons. The zero-order valence-corrected chi connectivity index (χ0v) is 21.1. The van der Waals surface area contributed by atoms with E-state index in [9.17, 15) is 9.18 Å². The van der Waals surface area contributed by atoms with Crippen LogP contribution in [0.25, 0.3) is 32.8 Å². The molecule has 1 N–H and O–H groups in total. The molecule has 4 aromatic rings. The average Bonchev–Trinajstić information content (AvgIpc) is 3.52. The summed E-state index contributed by atoms with van der Waals surface area (Å²) >= 11 is 6.71. The number of piperidine rings is 1. The van der Waals surface area contributed by atoms with Crippen molar-refractivity contribution < 1.29 is 4.39 Å². The first-order chi connectivity index (χ1) is 17.9. The number of aromatic nitrogens is 4. The third kappa shape index (κ3) is 3.97. The maximum absolute atomic E-state index is 14.7. The zero-order chi connectivity index (χ0) is 25.7. The summed E-state index contributed by atoms with van der Waals surface area (Å²) in [4.78, 5) is 24.0. The largest absolute Gasteiger partial charge is 0.355 e. The van der Waals surface area contributed by atoms with E-state index in [1.807, 2.05) is 19.2 Å². The summed E-state index contributed by atoms with van der Waals surface area (Å²) in [5, 5.41) is 8.64. The van der Waals surface area contributed by atoms with Crippen molar-refractivity contribution in [1.82, 2.24) is 24.6 Å². The lowest BCUT2D eigenvalue weighted by atomic mass is 9.78. The Balaban J connectivity index is 1.51. The SMILES string of the molecule is [C-]#[N+]c1ccc(-c2nc(N3CCC4(CCNC4)CC3)c(Cl)c(=O)n2-c2ccc3c(cnn3C)c2)cc1F. The minimum Gasteiger partial charge on any atom is -0.355 e. The Kier molecular flexibility index (Phi) is 5.74. The van der Waals surface area contributed by atoms with Gasteiger partial charge in [-0.25, -0.2) is 14.2 Å². The van der Waals surface area contributed by atoms with Crippen LogP contribution >= 0.6 is 11.6 Å². The minimum atomic E-state index is -0.666. The fraction of sp³-hybridized carbons (Fsp3) is 0.333. The highest BCUT2D eigenvalue weighted by Gasteiger charge is 2.38. The molecule has 0 atom stereocenters. The summed E-state index contributed by atoms with van der Waals surface area (Å²) in [5.41, 5.74) is 1.62. The van der Waals surface area contributed by atoms with Crippen LogP contribution in [0.2, 0.25) is 5.02 Å². The summed E-state index contributed by atoms with van der Waals surface area (Å²) < 4.78 is 17.9. The highest BCUT2D eigenvalue weighted by atomic mass is 35.5. The molecule has 2 aliphatic heterocycles. The van der Waals surface area contributed by atoms with Gasteiger partial charge in [-0.05, 0) is 55.5 Å². The maximum atomic E-state index is 14.7. The second kappa shape index (κ2) is 8.98. The molecule has 8 nitrogen and oxygen atoms in total. The molecule has 0 saturated carbocycles. The molecule has 2 fully saturated rings. The zero-order valence-electron chi connectivity index (χ0n) is 20.3. The molecule has 0 aliphatic carbocycles. The van der Waals surface area contributed by atoms with E-state index in [4.69, 9.17) is 23.2 Å². The van der Waals surface area contributed by atoms with E-state index >= 15 is 0 Å². The lowest BCUT2D eigenvalue weighted by molar-refractivity contribution is 0.247. The van der Waals surface area contributed by atoms with E-state index in [0.717, 1.165) is 56.3 Å². The average molecular weight is 518 g/mol. The highest BCUT2D eigenvalue weighted by Crippen LogP contribution is 2.39. The molecule has 1 spiro atoms. The van der Waals surface area contributed by atoms with Crippen molar-refractivity contribution in [1.29, 1.82) is 0 Å². The fourth-order valence-corrected chi connectivity index (χ4v) is 5.82. The smallest absolute Gasteiger partial charge is 0.279 e. The Bertz CT molecular complexity index is 1620. The van der Waals surface area contributed by atoms with Crippen molar-refractivity contribution in [3.05, 3.63) is 75.2 Å². The highest BCUT2D eigenvalue weighted by molar-refractivity contribution is 6.32. The number of rotatable bonds is 3. The lowest BCUT2D eigenvalue weighted by Gasteiger charge is -2.39. The van der Waals surface area contributed by atoms with Gasteiger partial charge in [0.1, 0.15) is 16.7 Å². The van der Waals surface area contributed by atoms with Crippen LogP contribution < -0.4 is 15.8 Å². The van der Waals surface area contributed by atoms with Crippen LogP contribution in [-0.4, -0.2) is 45.5 Å². The molecule has 2 aliphatic rings. The first kappa shape index (κ1) is 23.6. The minimum absolute atomic E-state index is 0.0359. The maximum Gasteiger partial charge on any atom is 0.279 e. The Morgan fingerprint density at radius 3 is 2.68 bits per heavy atom. The van der Waals surface area contributed by atoms with E-state index in [0.29, 0.717) is 22.5 Å². The van der Waals surface area contributed by atoms with Gasteiger partial charge in [-0.1, -0.05) is 23.7 Å². The van der Waals surface area contributed by atoms with Crippen molar-refractivity contribution in [2.45, 2.75) is 19.3 Å². The Hall–Kier alpha value is -3.74. The third-order valence-corrected chi connectivity index (χ3v) is 8.11. The van der Waals surface area contributed by atoms with Crippen molar-refractivity contribution in [3.8, 4) is 17.1 Å². The van der Waals surface area contributed by atoms with Gasteiger partial charge in [-0.2, -0.15) is 5.10 Å². The second-order valence-corrected chi connectivity index (χ2v) is 10.3. The summed E-state index contributed by atoms with van der Waals surface area (Å²) in [7, 11) is 1.85. The van der Waals surface area contributed by atoms with E-state index in [-0.39, 0.29) is 16.5 Å². The number of halogens is 2. The number of aryl methyl sites for hydroxylation is 1. The van der Waals surface area contributed by atoms with Gasteiger partial charge in [0.2, 0.25) is 5.69 Å². The van der Waals surface area contributed by atoms with Gasteiger partial charge in [0.25, 0.3) is 5.56 Å². The van der Waals surface area contributed by atoms with Crippen LogP contribution in [0.1, 0.15) is 19.3 Å². The number of fused-ring (bicyclic) bond motifs is 1. The molecule has 4 heterocycles. The van der Waals surface area contributed by atoms with Gasteiger partial charge in [-0.15, -0.1) is 0 Å². The molecule has 2 aromatic heterocycles. The number of benzene rings is 2. The Labute approximate surface area is 218 Å². The summed E-state index contributed by atoms with van der Waals surface area (Å²) in [6.07, 6.45) is 4.85. The molecule has 0 amide bonds. The summed E-state index contributed by atoms with van der Waals surface area (Å²) in [5.74, 6) is 0.0166. The van der Waals surface area contributed by atoms with Crippen LogP contribution in [0.3, 0.4) is 0 Å². The van der Waals surface area contributed by atoms with Crippen LogP contribution in [-0.2, 0) is 7.05 Å². The number of anilines is 1. The molecule has 10 heteroatoms. The third-order valence-electron chi connectivity index (χ3n) is 7.78. The molecule has 2 saturated heterocycles. The molecule has 0 unspecified atom stereocenters. The van der Waals surface area contributed by atoms with Gasteiger partial charge < -0.3 is 10.2 Å². The molecule has 2 aromatic carbocycles. The predicted octanol–water partition coefficient (Wildman–Crippen LogP) is 4.71. The molecular weight excluding hydrogens is 493 g/mol. The van der Waals surface area contributed by atoms with E-state index in [2.05, 4.69) is 20.2 Å². The van der Waals surface area contributed by atoms with Crippen molar-refractivity contribution >= 4 is 34.0 Å². The summed E-state index contributed by atoms with van der Waals surface area (Å²) in [6, 6.07) is 9.79. The molecule has 6 rings (SSSR count). The number of nitrogens with one attached hydrogen (secondary N) is 1. The standard InChI is InChI=1S/C27H25ClFN7O/c1-30-21-5-3-17(14-20(21)29)24-33-25(35-11-8-27(9-12-35)7-10-31-16-27)23(28)26(37)36(24)19-4-6-22-18(13-19)15-32-34(22)2/h3-6,13-15,31H,7-12,16H2,2H3. The van der Waals surface area contributed by atoms with E-state index in [1.165, 1.54) is 16.7 Å². The van der Waals surface area contributed by atoms with Crippen molar-refractivity contribution in [2.24, 2.45) is 12.5 Å². The lowest BCUT2D eigenvalue weighted by Crippen LogP contribution is -2.42. The molecular formula is C27H25ClFN7O. The van der Waals surface area contributed by atoms with E-state index in [1.54, 1.807) is 23.0 Å². The molecule has 0 radical (unpaired) electrons. The molecule has 0 bridgehead atoms. The van der Waals surface area contributed by atoms with Gasteiger partial charge in [0.15, 0.2) is 5.82 Å². The topological polar surface area (TPSA) is 72.3 Å². The van der Waals surface area contributed by atoms with Crippen molar-refractivity contribution in [3.63, 3.8) is 0 Å². The fourth-order valence-electron chi connectivity index (χ4n) is 5.57. The van der Waals surface area contributed by atoms with Gasteiger partial charge in [-0.3, -0.25) is 14.0 Å². The number of hydrogen-bond acceptors (Lipinski definition) is 5. The first-order valence-corrected chi connectivity index (χ1v) is 12.6.